The summed E-state index contributed by atoms with van der Waals surface area (Å²) < 4.78 is 5.36. The van der Waals surface area contributed by atoms with E-state index in [1.54, 1.807) is 7.11 Å². The zero-order valence-electron chi connectivity index (χ0n) is 15.1. The number of anilines is 1. The predicted octanol–water partition coefficient (Wildman–Crippen LogP) is 5.29. The molecule has 3 rings (SSSR count). The van der Waals surface area contributed by atoms with E-state index in [0.717, 1.165) is 34.1 Å². The molecular formula is C21H22ClN3O. The van der Waals surface area contributed by atoms with E-state index >= 15 is 0 Å². The predicted molar refractivity (Wildman–Crippen MR) is 109 cm³/mol. The first-order valence-corrected chi connectivity index (χ1v) is 8.73. The number of aliphatic imine (C=N–C) groups is 1. The smallest absolute Gasteiger partial charge is 0.147 e. The monoisotopic (exact) mass is 367 g/mol. The van der Waals surface area contributed by atoms with Crippen LogP contribution >= 0.6 is 11.6 Å². The van der Waals surface area contributed by atoms with Crippen LogP contribution in [0, 0.1) is 0 Å². The molecular weight excluding hydrogens is 346 g/mol. The highest BCUT2D eigenvalue weighted by molar-refractivity contribution is 6.30. The Morgan fingerprint density at radius 1 is 1.23 bits per heavy atom. The van der Waals surface area contributed by atoms with Crippen LogP contribution in [-0.4, -0.2) is 12.9 Å². The minimum absolute atomic E-state index is 0.228. The van der Waals surface area contributed by atoms with Gasteiger partial charge in [-0.3, -0.25) is 0 Å². The third kappa shape index (κ3) is 4.09. The number of nitrogens with zero attached hydrogens (tertiary/aromatic N) is 1. The van der Waals surface area contributed by atoms with Gasteiger partial charge < -0.3 is 15.4 Å². The number of ether oxygens (including phenoxy) is 1. The number of nitrogens with one attached hydrogen (secondary N) is 2. The van der Waals surface area contributed by atoms with E-state index in [9.17, 15) is 0 Å². The molecule has 0 aromatic heterocycles. The molecule has 1 heterocycles. The molecule has 1 aliphatic rings. The van der Waals surface area contributed by atoms with Crippen LogP contribution in [0.3, 0.4) is 0 Å². The molecule has 26 heavy (non-hydrogen) atoms. The minimum atomic E-state index is -0.228. The van der Waals surface area contributed by atoms with Crippen LogP contribution in [-0.2, 0) is 0 Å². The van der Waals surface area contributed by atoms with Crippen LogP contribution in [0.1, 0.15) is 31.1 Å². The molecule has 0 radical (unpaired) electrons. The van der Waals surface area contributed by atoms with Crippen LogP contribution in [0.25, 0.3) is 0 Å². The number of allylic oxidation sites excluding steroid dienone is 2. The van der Waals surface area contributed by atoms with Crippen LogP contribution in [0.2, 0.25) is 5.02 Å². The maximum atomic E-state index is 6.01. The van der Waals surface area contributed by atoms with Gasteiger partial charge in [-0.1, -0.05) is 35.9 Å². The van der Waals surface area contributed by atoms with Crippen LogP contribution in [0.4, 0.5) is 5.69 Å². The number of hydrogen-bond donors (Lipinski definition) is 2. The molecule has 2 aromatic rings. The largest absolute Gasteiger partial charge is 0.497 e. The molecule has 1 aliphatic heterocycles. The zero-order valence-corrected chi connectivity index (χ0v) is 15.9. The van der Waals surface area contributed by atoms with Gasteiger partial charge in [-0.2, -0.15) is 0 Å². The highest BCUT2D eigenvalue weighted by Crippen LogP contribution is 2.32. The molecule has 1 atom stereocenters. The molecule has 0 aliphatic carbocycles. The summed E-state index contributed by atoms with van der Waals surface area (Å²) in [4.78, 5) is 4.85. The van der Waals surface area contributed by atoms with Crippen molar-refractivity contribution in [3.63, 3.8) is 0 Å². The second kappa shape index (κ2) is 7.67. The fourth-order valence-corrected chi connectivity index (χ4v) is 2.92. The lowest BCUT2D eigenvalue weighted by atomic mass is 10.1. The number of halogens is 1. The normalized spacial score (nSPS) is 15.2. The molecule has 134 valence electrons. The first kappa shape index (κ1) is 18.1. The Bertz CT molecular complexity index is 881. The summed E-state index contributed by atoms with van der Waals surface area (Å²) in [6, 6.07) is 13.5. The quantitative estimate of drug-likeness (QED) is 0.722. The van der Waals surface area contributed by atoms with Gasteiger partial charge in [-0.05, 0) is 49.8 Å². The average molecular weight is 368 g/mol. The van der Waals surface area contributed by atoms with E-state index in [4.69, 9.17) is 21.3 Å². The molecule has 2 aromatic carbocycles. The standard InChI is InChI=1S/C21H22ClN3O/c1-13(2)11-14(3)23-21-18-10-9-17(26-4)12-19(18)24-20(25-21)15-5-7-16(22)8-6-15/h5-12,20,24H,3H2,1-2,4H3,(H,23,25). The summed E-state index contributed by atoms with van der Waals surface area (Å²) in [6.07, 6.45) is 1.76. The van der Waals surface area contributed by atoms with Gasteiger partial charge in [0.25, 0.3) is 0 Å². The zero-order chi connectivity index (χ0) is 18.7. The van der Waals surface area contributed by atoms with Gasteiger partial charge in [0, 0.05) is 22.3 Å². The van der Waals surface area contributed by atoms with Gasteiger partial charge in [-0.15, -0.1) is 0 Å². The van der Waals surface area contributed by atoms with Gasteiger partial charge >= 0.3 is 0 Å². The molecule has 4 nitrogen and oxygen atoms in total. The summed E-state index contributed by atoms with van der Waals surface area (Å²) in [5.74, 6) is 1.55. The van der Waals surface area contributed by atoms with Crippen molar-refractivity contribution in [3.8, 4) is 5.75 Å². The Balaban J connectivity index is 2.00. The third-order valence-electron chi connectivity index (χ3n) is 3.96. The SMILES string of the molecule is C=C(C=C(C)C)NC1=NC(c2ccc(Cl)cc2)Nc2cc(OC)ccc21. The topological polar surface area (TPSA) is 45.7 Å². The number of amidine groups is 1. The van der Waals surface area contributed by atoms with Crippen molar-refractivity contribution in [2.45, 2.75) is 20.0 Å². The van der Waals surface area contributed by atoms with Gasteiger partial charge in [0.2, 0.25) is 0 Å². The number of rotatable bonds is 4. The third-order valence-corrected chi connectivity index (χ3v) is 4.21. The Morgan fingerprint density at radius 3 is 2.62 bits per heavy atom. The lowest BCUT2D eigenvalue weighted by molar-refractivity contribution is 0.415. The van der Waals surface area contributed by atoms with E-state index in [0.29, 0.717) is 5.02 Å². The number of fused-ring (bicyclic) bond motifs is 1. The number of hydrogen-bond acceptors (Lipinski definition) is 4. The van der Waals surface area contributed by atoms with Crippen molar-refractivity contribution < 1.29 is 4.74 Å². The van der Waals surface area contributed by atoms with Crippen LogP contribution < -0.4 is 15.4 Å². The van der Waals surface area contributed by atoms with E-state index in [1.807, 2.05) is 62.4 Å². The number of methoxy groups -OCH3 is 1. The van der Waals surface area contributed by atoms with E-state index in [-0.39, 0.29) is 6.17 Å². The second-order valence-electron chi connectivity index (χ2n) is 6.36. The van der Waals surface area contributed by atoms with E-state index in [1.165, 1.54) is 5.57 Å². The van der Waals surface area contributed by atoms with E-state index in [2.05, 4.69) is 17.2 Å². The summed E-state index contributed by atoms with van der Waals surface area (Å²) in [5.41, 5.74) is 4.91. The highest BCUT2D eigenvalue weighted by atomic mass is 35.5. The van der Waals surface area contributed by atoms with Crippen molar-refractivity contribution in [3.05, 3.63) is 82.5 Å². The summed E-state index contributed by atoms with van der Waals surface area (Å²) in [5, 5.41) is 7.48. The summed E-state index contributed by atoms with van der Waals surface area (Å²) >= 11 is 6.01. The second-order valence-corrected chi connectivity index (χ2v) is 6.80. The Kier molecular flexibility index (Phi) is 5.33. The lowest BCUT2D eigenvalue weighted by Gasteiger charge is -2.27. The molecule has 0 amide bonds. The average Bonchev–Trinajstić information content (AvgIpc) is 2.61. The Morgan fingerprint density at radius 2 is 1.96 bits per heavy atom. The van der Waals surface area contributed by atoms with Crippen molar-refractivity contribution in [2.24, 2.45) is 4.99 Å². The van der Waals surface area contributed by atoms with Gasteiger partial charge in [-0.25, -0.2) is 4.99 Å². The van der Waals surface area contributed by atoms with Crippen molar-refractivity contribution in [1.29, 1.82) is 0 Å². The molecule has 0 saturated carbocycles. The molecule has 0 bridgehead atoms. The fourth-order valence-electron chi connectivity index (χ4n) is 2.79. The van der Waals surface area contributed by atoms with Crippen LogP contribution in [0.5, 0.6) is 5.75 Å². The minimum Gasteiger partial charge on any atom is -0.497 e. The first-order chi connectivity index (χ1) is 12.5. The van der Waals surface area contributed by atoms with E-state index < -0.39 is 0 Å². The van der Waals surface area contributed by atoms with Gasteiger partial charge in [0.1, 0.15) is 17.8 Å². The lowest BCUT2D eigenvalue weighted by Crippen LogP contribution is -2.29. The molecule has 1 unspecified atom stereocenters. The van der Waals surface area contributed by atoms with Gasteiger partial charge in [0.15, 0.2) is 0 Å². The fraction of sp³-hybridized carbons (Fsp3) is 0.190. The first-order valence-electron chi connectivity index (χ1n) is 8.35. The molecule has 0 saturated heterocycles. The molecule has 5 heteroatoms. The Hall–Kier alpha value is -2.72. The van der Waals surface area contributed by atoms with Crippen molar-refractivity contribution >= 4 is 23.1 Å². The van der Waals surface area contributed by atoms with Crippen molar-refractivity contribution in [2.75, 3.05) is 12.4 Å². The maximum Gasteiger partial charge on any atom is 0.147 e. The number of benzene rings is 2. The summed E-state index contributed by atoms with van der Waals surface area (Å²) in [7, 11) is 1.66. The molecule has 0 fully saturated rings. The molecule has 2 N–H and O–H groups in total. The maximum absolute atomic E-state index is 6.01. The molecule has 0 spiro atoms. The highest BCUT2D eigenvalue weighted by Gasteiger charge is 2.22. The Labute approximate surface area is 159 Å². The van der Waals surface area contributed by atoms with Gasteiger partial charge in [0.05, 0.1) is 12.8 Å². The summed E-state index contributed by atoms with van der Waals surface area (Å²) in [6.45, 7) is 8.14. The van der Waals surface area contributed by atoms with Crippen LogP contribution in [0.15, 0.2) is 71.4 Å². The van der Waals surface area contributed by atoms with Crippen molar-refractivity contribution in [1.82, 2.24) is 5.32 Å².